The van der Waals surface area contributed by atoms with Crippen molar-refractivity contribution in [2.75, 3.05) is 33.2 Å². The summed E-state index contributed by atoms with van der Waals surface area (Å²) in [5, 5.41) is 3.50. The maximum absolute atomic E-state index is 3.50. The lowest BCUT2D eigenvalue weighted by Gasteiger charge is -2.41. The molecule has 0 bridgehead atoms. The van der Waals surface area contributed by atoms with Gasteiger partial charge in [-0.3, -0.25) is 0 Å². The zero-order valence-corrected chi connectivity index (χ0v) is 11.8. The smallest absolute Gasteiger partial charge is 0.0104 e. The van der Waals surface area contributed by atoms with E-state index in [2.05, 4.69) is 54.5 Å². The van der Waals surface area contributed by atoms with Gasteiger partial charge in [0.25, 0.3) is 0 Å². The molecule has 0 radical (unpaired) electrons. The fraction of sp³-hybridized carbons (Fsp3) is 0.625. The number of benzene rings is 1. The Hall–Kier alpha value is -0.860. The lowest BCUT2D eigenvalue weighted by Crippen LogP contribution is -2.47. The molecule has 1 saturated heterocycles. The Labute approximate surface area is 111 Å². The maximum Gasteiger partial charge on any atom is 0.0104 e. The predicted octanol–water partition coefficient (Wildman–Crippen LogP) is 2.65. The Morgan fingerprint density at radius 1 is 1.17 bits per heavy atom. The summed E-state index contributed by atoms with van der Waals surface area (Å²) in [5.74, 6) is 0. The van der Waals surface area contributed by atoms with Gasteiger partial charge in [0.2, 0.25) is 0 Å². The molecule has 0 spiro atoms. The van der Waals surface area contributed by atoms with Crippen molar-refractivity contribution in [2.45, 2.75) is 31.6 Å². The third-order valence-corrected chi connectivity index (χ3v) is 4.12. The molecule has 1 N–H and O–H groups in total. The minimum atomic E-state index is 0.358. The van der Waals surface area contributed by atoms with Crippen LogP contribution in [0.2, 0.25) is 0 Å². The van der Waals surface area contributed by atoms with Crippen LogP contribution in [0.25, 0.3) is 0 Å². The van der Waals surface area contributed by atoms with Crippen LogP contribution in [-0.2, 0) is 5.41 Å². The van der Waals surface area contributed by atoms with Crippen LogP contribution in [-0.4, -0.2) is 38.1 Å². The van der Waals surface area contributed by atoms with Crippen LogP contribution in [0.5, 0.6) is 0 Å². The number of hydrogen-bond donors (Lipinski definition) is 1. The Bertz CT molecular complexity index is 341. The first-order chi connectivity index (χ1) is 8.77. The van der Waals surface area contributed by atoms with Crippen LogP contribution in [0, 0.1) is 0 Å². The Morgan fingerprint density at radius 3 is 2.44 bits per heavy atom. The summed E-state index contributed by atoms with van der Waals surface area (Å²) < 4.78 is 0. The number of rotatable bonds is 5. The summed E-state index contributed by atoms with van der Waals surface area (Å²) in [4.78, 5) is 2.50. The van der Waals surface area contributed by atoms with Gasteiger partial charge in [-0.1, -0.05) is 37.3 Å². The molecule has 2 rings (SSSR count). The summed E-state index contributed by atoms with van der Waals surface area (Å²) in [7, 11) is 2.26. The molecule has 0 atom stereocenters. The first-order valence-corrected chi connectivity index (χ1v) is 7.22. The summed E-state index contributed by atoms with van der Waals surface area (Å²) in [6.07, 6.45) is 3.75. The van der Waals surface area contributed by atoms with E-state index in [1.807, 2.05) is 0 Å². The van der Waals surface area contributed by atoms with E-state index in [1.165, 1.54) is 37.9 Å². The van der Waals surface area contributed by atoms with E-state index >= 15 is 0 Å². The number of piperidine rings is 1. The monoisotopic (exact) mass is 246 g/mol. The van der Waals surface area contributed by atoms with E-state index in [0.29, 0.717) is 5.41 Å². The molecule has 0 aromatic heterocycles. The zero-order valence-electron chi connectivity index (χ0n) is 11.8. The van der Waals surface area contributed by atoms with Gasteiger partial charge in [-0.2, -0.15) is 0 Å². The van der Waals surface area contributed by atoms with Crippen molar-refractivity contribution < 1.29 is 0 Å². The fourth-order valence-corrected chi connectivity index (χ4v) is 3.21. The summed E-state index contributed by atoms with van der Waals surface area (Å²) >= 11 is 0. The Balaban J connectivity index is 2.18. The minimum absolute atomic E-state index is 0.358. The standard InChI is InChI=1S/C16H26N2/c1-3-13-18(2)14-16(9-11-17-12-10-16)15-7-5-4-6-8-15/h4-8,17H,3,9-14H2,1-2H3. The van der Waals surface area contributed by atoms with Gasteiger partial charge in [-0.15, -0.1) is 0 Å². The van der Waals surface area contributed by atoms with Crippen molar-refractivity contribution in [1.82, 2.24) is 10.2 Å². The highest BCUT2D eigenvalue weighted by Crippen LogP contribution is 2.34. The highest BCUT2D eigenvalue weighted by Gasteiger charge is 2.34. The molecule has 0 amide bonds. The van der Waals surface area contributed by atoms with E-state index in [9.17, 15) is 0 Å². The topological polar surface area (TPSA) is 15.3 Å². The van der Waals surface area contributed by atoms with E-state index in [1.54, 1.807) is 0 Å². The van der Waals surface area contributed by atoms with Gasteiger partial charge in [0, 0.05) is 12.0 Å². The van der Waals surface area contributed by atoms with Gasteiger partial charge >= 0.3 is 0 Å². The van der Waals surface area contributed by atoms with Gasteiger partial charge in [-0.05, 0) is 51.5 Å². The van der Waals surface area contributed by atoms with Gasteiger partial charge in [-0.25, -0.2) is 0 Å². The van der Waals surface area contributed by atoms with Crippen LogP contribution >= 0.6 is 0 Å². The van der Waals surface area contributed by atoms with Crippen molar-refractivity contribution in [2.24, 2.45) is 0 Å². The number of nitrogens with one attached hydrogen (secondary N) is 1. The molecule has 0 unspecified atom stereocenters. The highest BCUT2D eigenvalue weighted by molar-refractivity contribution is 5.27. The first-order valence-electron chi connectivity index (χ1n) is 7.22. The van der Waals surface area contributed by atoms with Gasteiger partial charge in [0.1, 0.15) is 0 Å². The molecule has 1 aromatic rings. The molecule has 2 heteroatoms. The largest absolute Gasteiger partial charge is 0.317 e. The van der Waals surface area contributed by atoms with E-state index in [-0.39, 0.29) is 0 Å². The summed E-state index contributed by atoms with van der Waals surface area (Å²) in [5.41, 5.74) is 1.88. The quantitative estimate of drug-likeness (QED) is 0.859. The number of likely N-dealkylation sites (N-methyl/N-ethyl adjacent to an activating group) is 1. The average molecular weight is 246 g/mol. The SMILES string of the molecule is CCCN(C)CC1(c2ccccc2)CCNCC1. The molecule has 0 aliphatic carbocycles. The lowest BCUT2D eigenvalue weighted by atomic mass is 9.73. The van der Waals surface area contributed by atoms with Crippen LogP contribution < -0.4 is 5.32 Å². The molecule has 100 valence electrons. The van der Waals surface area contributed by atoms with Crippen molar-refractivity contribution in [3.8, 4) is 0 Å². The molecule has 1 fully saturated rings. The Kier molecular flexibility index (Phi) is 4.79. The summed E-state index contributed by atoms with van der Waals surface area (Å²) in [6.45, 7) is 6.94. The van der Waals surface area contributed by atoms with Gasteiger partial charge < -0.3 is 10.2 Å². The number of hydrogen-bond acceptors (Lipinski definition) is 2. The molecule has 18 heavy (non-hydrogen) atoms. The van der Waals surface area contributed by atoms with Crippen LogP contribution in [0.3, 0.4) is 0 Å². The lowest BCUT2D eigenvalue weighted by molar-refractivity contribution is 0.201. The first kappa shape index (κ1) is 13.6. The Morgan fingerprint density at radius 2 is 1.83 bits per heavy atom. The second kappa shape index (κ2) is 6.35. The predicted molar refractivity (Wildman–Crippen MR) is 78.0 cm³/mol. The van der Waals surface area contributed by atoms with Gasteiger partial charge in [0.15, 0.2) is 0 Å². The third-order valence-electron chi connectivity index (χ3n) is 4.12. The highest BCUT2D eigenvalue weighted by atomic mass is 15.1. The third kappa shape index (κ3) is 3.12. The molecule has 1 aliphatic rings. The van der Waals surface area contributed by atoms with E-state index in [4.69, 9.17) is 0 Å². The van der Waals surface area contributed by atoms with E-state index in [0.717, 1.165) is 13.1 Å². The molecule has 1 heterocycles. The molecular formula is C16H26N2. The molecule has 2 nitrogen and oxygen atoms in total. The maximum atomic E-state index is 3.50. The second-order valence-corrected chi connectivity index (χ2v) is 5.63. The van der Waals surface area contributed by atoms with Crippen molar-refractivity contribution in [3.63, 3.8) is 0 Å². The van der Waals surface area contributed by atoms with E-state index < -0.39 is 0 Å². The molecule has 0 saturated carbocycles. The summed E-state index contributed by atoms with van der Waals surface area (Å²) in [6, 6.07) is 11.1. The molecular weight excluding hydrogens is 220 g/mol. The average Bonchev–Trinajstić information content (AvgIpc) is 2.41. The van der Waals surface area contributed by atoms with Crippen molar-refractivity contribution in [3.05, 3.63) is 35.9 Å². The minimum Gasteiger partial charge on any atom is -0.317 e. The number of nitrogens with zero attached hydrogens (tertiary/aromatic N) is 1. The zero-order chi connectivity index (χ0) is 12.8. The van der Waals surface area contributed by atoms with Crippen molar-refractivity contribution >= 4 is 0 Å². The molecule has 1 aliphatic heterocycles. The fourth-order valence-electron chi connectivity index (χ4n) is 3.21. The molecule has 1 aromatic carbocycles. The second-order valence-electron chi connectivity index (χ2n) is 5.63. The normalized spacial score (nSPS) is 19.1. The van der Waals surface area contributed by atoms with Crippen LogP contribution in [0.15, 0.2) is 30.3 Å². The van der Waals surface area contributed by atoms with Gasteiger partial charge in [0.05, 0.1) is 0 Å². The van der Waals surface area contributed by atoms with Crippen LogP contribution in [0.1, 0.15) is 31.7 Å². The van der Waals surface area contributed by atoms with Crippen LogP contribution in [0.4, 0.5) is 0 Å². The van der Waals surface area contributed by atoms with Crippen molar-refractivity contribution in [1.29, 1.82) is 0 Å².